The van der Waals surface area contributed by atoms with Crippen molar-refractivity contribution in [3.8, 4) is 11.1 Å². The molecule has 4 amide bonds. The molecule has 258 valence electrons. The first-order valence-electron chi connectivity index (χ1n) is 14.6. The van der Waals surface area contributed by atoms with Gasteiger partial charge in [-0.25, -0.2) is 4.79 Å². The number of hydrogen-bond donors (Lipinski definition) is 5. The molecule has 1 aliphatic heterocycles. The van der Waals surface area contributed by atoms with Gasteiger partial charge in [0.2, 0.25) is 23.6 Å². The number of benzene rings is 2. The average Bonchev–Trinajstić information content (AvgIpc) is 3.50. The summed E-state index contributed by atoms with van der Waals surface area (Å²) in [6.45, 7) is 5.77. The van der Waals surface area contributed by atoms with E-state index in [2.05, 4.69) is 16.0 Å². The van der Waals surface area contributed by atoms with E-state index in [4.69, 9.17) is 38.8 Å². The van der Waals surface area contributed by atoms with Crippen molar-refractivity contribution in [1.29, 1.82) is 0 Å². The molecule has 16 heteroatoms. The Balaban J connectivity index is 0.000000984. The number of likely N-dealkylation sites (N-methyl/N-ethyl adjacent to an activating group) is 1. The van der Waals surface area contributed by atoms with Crippen LogP contribution in [0.25, 0.3) is 11.1 Å². The molecule has 2 aromatic carbocycles. The van der Waals surface area contributed by atoms with Gasteiger partial charge in [-0.2, -0.15) is 13.2 Å². The lowest BCUT2D eigenvalue weighted by molar-refractivity contribution is -0.192. The minimum atomic E-state index is -5.08. The number of nitrogens with one attached hydrogen (secondary N) is 3. The summed E-state index contributed by atoms with van der Waals surface area (Å²) in [6.07, 6.45) is -3.81. The Hall–Kier alpha value is -3.88. The highest BCUT2D eigenvalue weighted by Gasteiger charge is 2.40. The van der Waals surface area contributed by atoms with Gasteiger partial charge in [-0.05, 0) is 61.6 Å². The molecule has 1 heterocycles. The normalized spacial score (nSPS) is 16.4. The second-order valence-electron chi connectivity index (χ2n) is 11.2. The lowest BCUT2D eigenvalue weighted by Gasteiger charge is -2.31. The number of rotatable bonds is 11. The fourth-order valence-corrected chi connectivity index (χ4v) is 4.94. The van der Waals surface area contributed by atoms with Gasteiger partial charge in [-0.15, -0.1) is 0 Å². The quantitative estimate of drug-likeness (QED) is 0.238. The van der Waals surface area contributed by atoms with Gasteiger partial charge in [0.25, 0.3) is 0 Å². The predicted molar refractivity (Wildman–Crippen MR) is 170 cm³/mol. The number of carbonyl (C=O) groups excluding carboxylic acids is 4. The lowest BCUT2D eigenvalue weighted by atomic mass is 10.00. The Morgan fingerprint density at radius 1 is 0.979 bits per heavy atom. The third kappa shape index (κ3) is 11.4. The van der Waals surface area contributed by atoms with Gasteiger partial charge >= 0.3 is 12.1 Å². The smallest absolute Gasteiger partial charge is 0.475 e. The van der Waals surface area contributed by atoms with Crippen molar-refractivity contribution in [3.63, 3.8) is 0 Å². The van der Waals surface area contributed by atoms with Crippen LogP contribution in [0, 0.1) is 5.92 Å². The van der Waals surface area contributed by atoms with Crippen LogP contribution < -0.4 is 21.7 Å². The fourth-order valence-electron chi connectivity index (χ4n) is 4.64. The molecule has 47 heavy (non-hydrogen) atoms. The number of likely N-dealkylation sites (tertiary alicyclic amines) is 1. The minimum Gasteiger partial charge on any atom is -0.475 e. The van der Waals surface area contributed by atoms with Gasteiger partial charge in [0, 0.05) is 13.0 Å². The van der Waals surface area contributed by atoms with E-state index in [1.807, 2.05) is 44.2 Å². The molecule has 4 atom stereocenters. The number of carboxylic acids is 1. The number of carboxylic acid groups (broad SMARTS) is 1. The zero-order valence-corrected chi connectivity index (χ0v) is 27.7. The molecule has 0 radical (unpaired) electrons. The van der Waals surface area contributed by atoms with Crippen LogP contribution in [0.3, 0.4) is 0 Å². The Morgan fingerprint density at radius 2 is 1.55 bits per heavy atom. The Bertz CT molecular complexity index is 1440. The van der Waals surface area contributed by atoms with E-state index in [-0.39, 0.29) is 24.2 Å². The van der Waals surface area contributed by atoms with Crippen molar-refractivity contribution in [2.75, 3.05) is 13.6 Å². The highest BCUT2D eigenvalue weighted by Crippen LogP contribution is 2.29. The van der Waals surface area contributed by atoms with Gasteiger partial charge < -0.3 is 31.7 Å². The number of carbonyl (C=O) groups is 5. The maximum absolute atomic E-state index is 13.5. The Labute approximate surface area is 280 Å². The molecule has 1 fully saturated rings. The average molecular weight is 705 g/mol. The van der Waals surface area contributed by atoms with E-state index in [1.165, 1.54) is 4.90 Å². The van der Waals surface area contributed by atoms with E-state index in [9.17, 15) is 32.3 Å². The zero-order chi connectivity index (χ0) is 35.6. The molecule has 0 aliphatic carbocycles. The van der Waals surface area contributed by atoms with Crippen molar-refractivity contribution in [1.82, 2.24) is 20.9 Å². The Kier molecular flexibility index (Phi) is 14.5. The third-order valence-electron chi connectivity index (χ3n) is 7.44. The molecular formula is C31H38Cl2F3N5O6. The highest BCUT2D eigenvalue weighted by molar-refractivity contribution is 6.42. The zero-order valence-electron chi connectivity index (χ0n) is 26.2. The molecule has 1 saturated heterocycles. The molecule has 11 nitrogen and oxygen atoms in total. The second kappa shape index (κ2) is 17.3. The standard InChI is InChI=1S/C29H37Cl2N5O4.C2HF3O2/c1-16(2)25(35-27(38)17(3)33-4)29(40)36-13-5-6-24(36)28(39)34-23(26(32)37)14-18-7-9-19(10-8-18)20-11-12-21(30)22(31)15-20;3-2(4,5)1(6)7/h7-12,15-17,23-25,33H,5-6,13-14H2,1-4H3,(H2,32,37)(H,34,39)(H,35,38);(H,6,7)/t17-,23-,24-,25-;/m0./s1. The van der Waals surface area contributed by atoms with Gasteiger partial charge in [0.05, 0.1) is 16.1 Å². The van der Waals surface area contributed by atoms with Gasteiger partial charge in [-0.1, -0.05) is 67.4 Å². The highest BCUT2D eigenvalue weighted by atomic mass is 35.5. The molecule has 0 spiro atoms. The maximum atomic E-state index is 13.5. The number of primary amides is 1. The monoisotopic (exact) mass is 703 g/mol. The summed E-state index contributed by atoms with van der Waals surface area (Å²) in [7, 11) is 1.66. The number of nitrogens with zero attached hydrogens (tertiary/aromatic N) is 1. The summed E-state index contributed by atoms with van der Waals surface area (Å²) >= 11 is 12.1. The van der Waals surface area contributed by atoms with Crippen molar-refractivity contribution in [3.05, 3.63) is 58.1 Å². The molecular weight excluding hydrogens is 666 g/mol. The van der Waals surface area contributed by atoms with Crippen LogP contribution in [0.2, 0.25) is 10.0 Å². The molecule has 6 N–H and O–H groups in total. The molecule has 1 aliphatic rings. The number of alkyl halides is 3. The van der Waals surface area contributed by atoms with Crippen LogP contribution in [0.15, 0.2) is 42.5 Å². The lowest BCUT2D eigenvalue weighted by Crippen LogP contribution is -2.58. The largest absolute Gasteiger partial charge is 0.490 e. The van der Waals surface area contributed by atoms with Crippen molar-refractivity contribution in [2.45, 2.75) is 70.4 Å². The van der Waals surface area contributed by atoms with Crippen LogP contribution in [-0.4, -0.2) is 83.5 Å². The van der Waals surface area contributed by atoms with E-state index in [0.717, 1.165) is 16.7 Å². The second-order valence-corrected chi connectivity index (χ2v) is 12.0. The van der Waals surface area contributed by atoms with Crippen LogP contribution in [0.5, 0.6) is 0 Å². The number of amides is 4. The topological polar surface area (TPSA) is 171 Å². The fraction of sp³-hybridized carbons (Fsp3) is 0.452. The van der Waals surface area contributed by atoms with Gasteiger partial charge in [0.15, 0.2) is 0 Å². The summed E-state index contributed by atoms with van der Waals surface area (Å²) in [6, 6.07) is 9.88. The summed E-state index contributed by atoms with van der Waals surface area (Å²) in [5.74, 6) is -4.68. The third-order valence-corrected chi connectivity index (χ3v) is 8.18. The number of hydrogen-bond acceptors (Lipinski definition) is 6. The van der Waals surface area contributed by atoms with Crippen LogP contribution >= 0.6 is 23.2 Å². The predicted octanol–water partition coefficient (Wildman–Crippen LogP) is 3.55. The number of aliphatic carboxylic acids is 1. The van der Waals surface area contributed by atoms with Gasteiger partial charge in [0.1, 0.15) is 18.1 Å². The van der Waals surface area contributed by atoms with Crippen LogP contribution in [0.4, 0.5) is 13.2 Å². The number of nitrogens with two attached hydrogens (primary N) is 1. The van der Waals surface area contributed by atoms with Crippen LogP contribution in [-0.2, 0) is 30.4 Å². The molecule has 3 rings (SSSR count). The molecule has 0 unspecified atom stereocenters. The first-order valence-corrected chi connectivity index (χ1v) is 15.3. The van der Waals surface area contributed by atoms with Gasteiger partial charge in [-0.3, -0.25) is 19.2 Å². The molecule has 2 aromatic rings. The van der Waals surface area contributed by atoms with E-state index < -0.39 is 48.1 Å². The van der Waals surface area contributed by atoms with Crippen molar-refractivity contribution >= 4 is 52.8 Å². The SMILES string of the molecule is CN[C@@H](C)C(=O)N[C@H](C(=O)N1CCC[C@H]1C(=O)N[C@@H](Cc1ccc(-c2ccc(Cl)c(Cl)c2)cc1)C(N)=O)C(C)C.O=C(O)C(F)(F)F. The minimum absolute atomic E-state index is 0.185. The van der Waals surface area contributed by atoms with Crippen LogP contribution in [0.1, 0.15) is 39.2 Å². The van der Waals surface area contributed by atoms with E-state index in [0.29, 0.717) is 29.4 Å². The maximum Gasteiger partial charge on any atom is 0.490 e. The summed E-state index contributed by atoms with van der Waals surface area (Å²) in [5.41, 5.74) is 8.25. The summed E-state index contributed by atoms with van der Waals surface area (Å²) < 4.78 is 31.7. The molecule has 0 aromatic heterocycles. The summed E-state index contributed by atoms with van der Waals surface area (Å²) in [4.78, 5) is 61.9. The molecule has 0 saturated carbocycles. The summed E-state index contributed by atoms with van der Waals surface area (Å²) in [5, 5.41) is 16.5. The number of halogens is 5. The Morgan fingerprint density at radius 3 is 2.04 bits per heavy atom. The van der Waals surface area contributed by atoms with E-state index in [1.54, 1.807) is 26.1 Å². The first-order chi connectivity index (χ1) is 21.9. The van der Waals surface area contributed by atoms with Crippen molar-refractivity contribution in [2.24, 2.45) is 11.7 Å². The first kappa shape index (κ1) is 39.3. The van der Waals surface area contributed by atoms with Crippen molar-refractivity contribution < 1.29 is 42.3 Å². The van der Waals surface area contributed by atoms with E-state index >= 15 is 0 Å². The molecule has 0 bridgehead atoms.